The van der Waals surface area contributed by atoms with Gasteiger partial charge < -0.3 is 9.47 Å². The number of alkyl halides is 1. The Hall–Kier alpha value is -0.130. The van der Waals surface area contributed by atoms with Crippen molar-refractivity contribution in [3.63, 3.8) is 0 Å². The molecule has 1 aromatic rings. The van der Waals surface area contributed by atoms with Gasteiger partial charge in [0.25, 0.3) is 0 Å². The van der Waals surface area contributed by atoms with Gasteiger partial charge in [-0.25, -0.2) is 0 Å². The largest absolute Gasteiger partial charge is 0.376 e. The third kappa shape index (κ3) is 2.45. The van der Waals surface area contributed by atoms with E-state index in [0.29, 0.717) is 5.41 Å². The number of rotatable bonds is 5. The summed E-state index contributed by atoms with van der Waals surface area (Å²) in [6, 6.07) is 10.4. The molecule has 0 N–H and O–H groups in total. The highest BCUT2D eigenvalue weighted by molar-refractivity contribution is 14.1. The normalized spacial score (nSPS) is 34.1. The van der Waals surface area contributed by atoms with E-state index >= 15 is 0 Å². The molecule has 0 radical (unpaired) electrons. The van der Waals surface area contributed by atoms with Crippen LogP contribution in [0, 0.1) is 5.41 Å². The molecular weight excluding hydrogens is 339 g/mol. The minimum Gasteiger partial charge on any atom is -0.376 e. The molecule has 2 aliphatic heterocycles. The van der Waals surface area contributed by atoms with Crippen molar-refractivity contribution in [1.82, 2.24) is 0 Å². The summed E-state index contributed by atoms with van der Waals surface area (Å²) in [5.74, 6) is 0. The number of benzene rings is 1. The molecule has 1 aromatic carbocycles. The zero-order chi connectivity index (χ0) is 12.5. The molecule has 1 aliphatic carbocycles. The van der Waals surface area contributed by atoms with E-state index < -0.39 is 0 Å². The molecule has 0 atom stereocenters. The summed E-state index contributed by atoms with van der Waals surface area (Å²) in [5.41, 5.74) is 1.87. The van der Waals surface area contributed by atoms with Crippen molar-refractivity contribution in [3.8, 4) is 0 Å². The Bertz CT molecular complexity index is 398. The molecule has 0 amide bonds. The van der Waals surface area contributed by atoms with Crippen molar-refractivity contribution < 1.29 is 9.47 Å². The number of halogens is 1. The maximum atomic E-state index is 5.93. The maximum Gasteiger partial charge on any atom is 0.0783 e. The average molecular weight is 358 g/mol. The van der Waals surface area contributed by atoms with Crippen LogP contribution in [-0.2, 0) is 16.1 Å². The lowest BCUT2D eigenvalue weighted by atomic mass is 9.57. The molecule has 2 bridgehead atoms. The maximum absolute atomic E-state index is 5.93. The topological polar surface area (TPSA) is 18.5 Å². The van der Waals surface area contributed by atoms with Crippen LogP contribution in [-0.4, -0.2) is 23.2 Å². The second-order valence-electron chi connectivity index (χ2n) is 5.75. The lowest BCUT2D eigenvalue weighted by Crippen LogP contribution is -2.61. The second kappa shape index (κ2) is 5.10. The van der Waals surface area contributed by atoms with E-state index in [-0.39, 0.29) is 5.60 Å². The molecule has 2 heterocycles. The van der Waals surface area contributed by atoms with E-state index in [1.807, 2.05) is 6.07 Å². The second-order valence-corrected chi connectivity index (χ2v) is 6.51. The van der Waals surface area contributed by atoms with Crippen LogP contribution in [0.25, 0.3) is 0 Å². The summed E-state index contributed by atoms with van der Waals surface area (Å²) in [4.78, 5) is 0. The molecule has 4 rings (SSSR count). The lowest BCUT2D eigenvalue weighted by Gasteiger charge is -2.59. The first kappa shape index (κ1) is 12.9. The summed E-state index contributed by atoms with van der Waals surface area (Å²) in [6.45, 7) is 2.54. The standard InChI is InChI=1S/C15H19IO2/c16-11-15-9-14(10-15,6-7-18-15)12-17-8-13-4-2-1-3-5-13/h1-5H,6-12H2. The Balaban J connectivity index is 1.50. The summed E-state index contributed by atoms with van der Waals surface area (Å²) in [7, 11) is 0. The van der Waals surface area contributed by atoms with Crippen molar-refractivity contribution >= 4 is 22.6 Å². The van der Waals surface area contributed by atoms with Gasteiger partial charge in [-0.2, -0.15) is 0 Å². The Kier molecular flexibility index (Phi) is 3.65. The van der Waals surface area contributed by atoms with Gasteiger partial charge in [0.1, 0.15) is 0 Å². The molecule has 0 unspecified atom stereocenters. The monoisotopic (exact) mass is 358 g/mol. The highest BCUT2D eigenvalue weighted by Gasteiger charge is 2.57. The Morgan fingerprint density at radius 2 is 2.00 bits per heavy atom. The van der Waals surface area contributed by atoms with E-state index in [1.165, 1.54) is 24.8 Å². The van der Waals surface area contributed by atoms with Gasteiger partial charge in [0.05, 0.1) is 18.8 Å². The SMILES string of the molecule is ICC12CC(COCc3ccccc3)(CCO1)C2. The Morgan fingerprint density at radius 3 is 2.72 bits per heavy atom. The fourth-order valence-corrected chi connectivity index (χ4v) is 4.10. The highest BCUT2D eigenvalue weighted by atomic mass is 127. The Labute approximate surface area is 122 Å². The third-order valence-electron chi connectivity index (χ3n) is 4.20. The van der Waals surface area contributed by atoms with Crippen LogP contribution in [0.5, 0.6) is 0 Å². The zero-order valence-corrected chi connectivity index (χ0v) is 12.7. The Morgan fingerprint density at radius 1 is 1.22 bits per heavy atom. The summed E-state index contributed by atoms with van der Waals surface area (Å²) in [6.07, 6.45) is 3.55. The molecule has 3 aliphatic rings. The van der Waals surface area contributed by atoms with E-state index in [1.54, 1.807) is 0 Å². The molecule has 98 valence electrons. The number of hydrogen-bond acceptors (Lipinski definition) is 2. The van der Waals surface area contributed by atoms with Crippen LogP contribution >= 0.6 is 22.6 Å². The van der Waals surface area contributed by atoms with Gasteiger partial charge >= 0.3 is 0 Å². The van der Waals surface area contributed by atoms with Crippen molar-refractivity contribution in [2.45, 2.75) is 31.5 Å². The minimum atomic E-state index is 0.189. The summed E-state index contributed by atoms with van der Waals surface area (Å²) < 4.78 is 13.0. The van der Waals surface area contributed by atoms with Crippen LogP contribution < -0.4 is 0 Å². The first-order chi connectivity index (χ1) is 8.76. The molecule has 3 heteroatoms. The van der Waals surface area contributed by atoms with Crippen molar-refractivity contribution in [2.24, 2.45) is 5.41 Å². The predicted octanol–water partition coefficient (Wildman–Crippen LogP) is 3.58. The molecule has 0 aromatic heterocycles. The van der Waals surface area contributed by atoms with Crippen LogP contribution in [0.15, 0.2) is 30.3 Å². The highest BCUT2D eigenvalue weighted by Crippen LogP contribution is 2.57. The molecule has 1 saturated carbocycles. The van der Waals surface area contributed by atoms with Crippen LogP contribution in [0.4, 0.5) is 0 Å². The van der Waals surface area contributed by atoms with Gasteiger partial charge in [-0.15, -0.1) is 0 Å². The smallest absolute Gasteiger partial charge is 0.0783 e. The molecule has 2 saturated heterocycles. The number of ether oxygens (including phenoxy) is 2. The van der Waals surface area contributed by atoms with E-state index in [4.69, 9.17) is 9.47 Å². The lowest BCUT2D eigenvalue weighted by molar-refractivity contribution is -0.228. The van der Waals surface area contributed by atoms with Crippen molar-refractivity contribution in [3.05, 3.63) is 35.9 Å². The van der Waals surface area contributed by atoms with Crippen molar-refractivity contribution in [2.75, 3.05) is 17.6 Å². The third-order valence-corrected chi connectivity index (χ3v) is 5.59. The number of hydrogen-bond donors (Lipinski definition) is 0. The van der Waals surface area contributed by atoms with E-state index in [9.17, 15) is 0 Å². The zero-order valence-electron chi connectivity index (χ0n) is 10.5. The molecule has 0 spiro atoms. The number of fused-ring (bicyclic) bond motifs is 2. The van der Waals surface area contributed by atoms with Crippen LogP contribution in [0.1, 0.15) is 24.8 Å². The predicted molar refractivity (Wildman–Crippen MR) is 80.0 cm³/mol. The van der Waals surface area contributed by atoms with Crippen LogP contribution in [0.3, 0.4) is 0 Å². The van der Waals surface area contributed by atoms with Gasteiger partial charge in [0, 0.05) is 16.4 Å². The van der Waals surface area contributed by atoms with E-state index in [2.05, 4.69) is 46.9 Å². The van der Waals surface area contributed by atoms with Gasteiger partial charge in [-0.05, 0) is 24.8 Å². The molecule has 3 fully saturated rings. The van der Waals surface area contributed by atoms with Crippen molar-refractivity contribution in [1.29, 1.82) is 0 Å². The summed E-state index contributed by atoms with van der Waals surface area (Å²) >= 11 is 2.45. The minimum absolute atomic E-state index is 0.189. The fraction of sp³-hybridized carbons (Fsp3) is 0.600. The molecular formula is C15H19IO2. The quantitative estimate of drug-likeness (QED) is 0.592. The van der Waals surface area contributed by atoms with Gasteiger partial charge in [0.2, 0.25) is 0 Å². The molecule has 18 heavy (non-hydrogen) atoms. The molecule has 2 nitrogen and oxygen atoms in total. The average Bonchev–Trinajstić information content (AvgIpc) is 2.39. The fourth-order valence-electron chi connectivity index (χ4n) is 3.34. The van der Waals surface area contributed by atoms with Gasteiger partial charge in [-0.1, -0.05) is 52.9 Å². The van der Waals surface area contributed by atoms with Gasteiger partial charge in [0.15, 0.2) is 0 Å². The first-order valence-corrected chi connectivity index (χ1v) is 8.10. The van der Waals surface area contributed by atoms with Gasteiger partial charge in [-0.3, -0.25) is 0 Å². The first-order valence-electron chi connectivity index (χ1n) is 6.58. The van der Waals surface area contributed by atoms with Crippen LogP contribution in [0.2, 0.25) is 0 Å². The van der Waals surface area contributed by atoms with E-state index in [0.717, 1.165) is 24.2 Å². The summed E-state index contributed by atoms with van der Waals surface area (Å²) in [5, 5.41) is 0.